The van der Waals surface area contributed by atoms with Crippen molar-refractivity contribution in [2.24, 2.45) is 0 Å². The molecule has 10 heterocycles. The first-order chi connectivity index (χ1) is 20.0. The van der Waals surface area contributed by atoms with Gasteiger partial charge in [0.25, 0.3) is 0 Å². The Morgan fingerprint density at radius 1 is 0.390 bits per heavy atom. The Hall–Kier alpha value is -1.64. The van der Waals surface area contributed by atoms with Crippen molar-refractivity contribution in [1.29, 1.82) is 0 Å². The molecule has 3 heteroatoms. The summed E-state index contributed by atoms with van der Waals surface area (Å²) in [5.41, 5.74) is 6.61. The van der Waals surface area contributed by atoms with E-state index < -0.39 is 7.72 Å². The van der Waals surface area contributed by atoms with Crippen LogP contribution in [-0.2, 0) is 32.4 Å². The molecule has 0 aromatic heterocycles. The average Bonchev–Trinajstić information content (AvgIpc) is 3.97. The Labute approximate surface area is 234 Å². The quantitative estimate of drug-likeness (QED) is 0.118. The van der Waals surface area contributed by atoms with Gasteiger partial charge >= 0.3 is 235 Å². The first-order valence-corrected chi connectivity index (χ1v) is 29.1. The second kappa shape index (κ2) is 3.64. The molecule has 10 fully saturated rings. The van der Waals surface area contributed by atoms with Crippen LogP contribution in [0.2, 0.25) is 36.1 Å². The molecule has 0 aliphatic carbocycles. The van der Waals surface area contributed by atoms with Crippen LogP contribution in [0.4, 0.5) is 0 Å². The van der Waals surface area contributed by atoms with Crippen LogP contribution < -0.4 is 0 Å². The summed E-state index contributed by atoms with van der Waals surface area (Å²) in [4.78, 5) is 0. The third-order valence-corrected chi connectivity index (χ3v) is 107. The molecule has 14 rings (SSSR count). The second-order valence-electron chi connectivity index (χ2n) is 17.3. The van der Waals surface area contributed by atoms with Crippen LogP contribution in [0.1, 0.15) is 22.3 Å². The molecule has 4 aromatic carbocycles. The summed E-state index contributed by atoms with van der Waals surface area (Å²) in [5, 5.41) is 0. The summed E-state index contributed by atoms with van der Waals surface area (Å²) in [6.45, 7) is 0. The summed E-state index contributed by atoms with van der Waals surface area (Å²) in [6.07, 6.45) is 5.63. The molecule has 41 heavy (non-hydrogen) atoms. The normalized spacial score (nSPS) is 58.1. The molecular weight excluding hydrogens is 619 g/mol. The van der Waals surface area contributed by atoms with Crippen molar-refractivity contribution in [2.45, 2.75) is 68.2 Å². The van der Waals surface area contributed by atoms with Crippen LogP contribution in [-0.4, -0.2) is 7.50 Å². The average molecular weight is 656 g/mol. The first kappa shape index (κ1) is 21.1. The molecule has 10 aliphatic rings. The van der Waals surface area contributed by atoms with E-state index in [1.807, 2.05) is 0 Å². The van der Waals surface area contributed by atoms with Gasteiger partial charge in [-0.05, 0) is 0 Å². The molecule has 0 amide bonds. The van der Waals surface area contributed by atoms with Crippen LogP contribution in [0.5, 0.6) is 0 Å². The van der Waals surface area contributed by atoms with Gasteiger partial charge in [-0.1, -0.05) is 0 Å². The molecule has 0 radical (unpaired) electrons. The van der Waals surface area contributed by atoms with Crippen molar-refractivity contribution in [3.05, 3.63) is 144 Å². The Kier molecular flexibility index (Phi) is 1.87. The molecule has 0 bridgehead atoms. The topological polar surface area (TPSA) is 0 Å². The summed E-state index contributed by atoms with van der Waals surface area (Å²) >= 11 is 0. The van der Waals surface area contributed by atoms with E-state index in [1.165, 1.54) is 60.7 Å². The maximum absolute atomic E-state index is 4.02. The fraction of sp³-hybridized carbons (Fsp3) is 0.368. The van der Waals surface area contributed by atoms with Crippen LogP contribution in [0.15, 0.2) is 121 Å². The Bertz CT molecular complexity index is 1970. The molecule has 10 saturated heterocycles. The van der Waals surface area contributed by atoms with Gasteiger partial charge in [0.1, 0.15) is 0 Å². The van der Waals surface area contributed by atoms with Crippen LogP contribution in [0, 0.1) is 0 Å². The molecule has 206 valence electrons. The van der Waals surface area contributed by atoms with Gasteiger partial charge in [-0.3, -0.25) is 0 Å². The van der Waals surface area contributed by atoms with Crippen molar-refractivity contribution in [3.8, 4) is 0 Å². The van der Waals surface area contributed by atoms with E-state index in [4.69, 9.17) is 0 Å². The van der Waals surface area contributed by atoms with Crippen LogP contribution in [0.25, 0.3) is 0 Å². The zero-order valence-corrected chi connectivity index (χ0v) is 26.8. The SMILES string of the molecule is c1ccc(CP(Cc2ccccc2)[C]23[CH]4[CH]5[CH]6[C]2(P(Cc2ccccc2)Cc2ccccc2)[Ru]54632789[CH]3[CH]2[CH]7[CH]8[CH]39)cc1. The summed E-state index contributed by atoms with van der Waals surface area (Å²) in [5.74, 6) is 0. The molecule has 4 unspecified atom stereocenters. The standard InChI is InChI=1S/C33H31P2.C5H5.Ru/c1-5-14-28(15-6-1)24-34(25-29-16-7-2-8-17-29)32-22-13-23-33(32)35(26-30-18-9-3-10-19-30)27-31-20-11-4-12-21-31;1-2-4-5-3-1;/h1-23H,24-27H2;1-5H;. The molecule has 1 spiro atoms. The summed E-state index contributed by atoms with van der Waals surface area (Å²) in [7, 11) is -4.10. The predicted octanol–water partition coefficient (Wildman–Crippen LogP) is 11.0. The van der Waals surface area contributed by atoms with Gasteiger partial charge in [0, 0.05) is 0 Å². The van der Waals surface area contributed by atoms with Crippen molar-refractivity contribution >= 4 is 15.8 Å². The van der Waals surface area contributed by atoms with E-state index in [-0.39, 0.29) is 15.8 Å². The van der Waals surface area contributed by atoms with Gasteiger partial charge in [-0.15, -0.1) is 0 Å². The number of hydrogen-bond donors (Lipinski definition) is 0. The molecule has 4 aromatic rings. The van der Waals surface area contributed by atoms with Crippen LogP contribution >= 0.6 is 15.8 Å². The van der Waals surface area contributed by atoms with Gasteiger partial charge in [0.05, 0.1) is 0 Å². The van der Waals surface area contributed by atoms with E-state index in [9.17, 15) is 0 Å². The maximum atomic E-state index is 2.48. The van der Waals surface area contributed by atoms with Crippen molar-refractivity contribution in [2.75, 3.05) is 0 Å². The zero-order chi connectivity index (χ0) is 26.4. The van der Waals surface area contributed by atoms with E-state index in [0.29, 0.717) is 0 Å². The summed E-state index contributed by atoms with van der Waals surface area (Å²) < 4.78 is 12.7. The van der Waals surface area contributed by atoms with E-state index in [1.54, 1.807) is 22.3 Å². The number of hydrogen-bond acceptors (Lipinski definition) is 0. The first-order valence-electron chi connectivity index (χ1n) is 15.9. The molecule has 4 atom stereocenters. The minimum absolute atomic E-state index is 0.0367. The zero-order valence-electron chi connectivity index (χ0n) is 23.2. The Morgan fingerprint density at radius 3 is 0.878 bits per heavy atom. The Morgan fingerprint density at radius 2 is 0.659 bits per heavy atom. The number of benzene rings is 4. The van der Waals surface area contributed by atoms with Crippen molar-refractivity contribution in [3.63, 3.8) is 0 Å². The molecule has 0 saturated carbocycles. The predicted molar refractivity (Wildman–Crippen MR) is 170 cm³/mol. The third-order valence-electron chi connectivity index (χ3n) is 20.5. The second-order valence-corrected chi connectivity index (χ2v) is 60.0. The third kappa shape index (κ3) is 0.623. The number of fused-ring (bicyclic) bond motifs is 10. The van der Waals surface area contributed by atoms with Crippen LogP contribution in [0.3, 0.4) is 0 Å². The minimum atomic E-state index is -4.02. The van der Waals surface area contributed by atoms with E-state index >= 15 is 0 Å². The summed E-state index contributed by atoms with van der Waals surface area (Å²) in [6, 6.07) is 47.3. The van der Waals surface area contributed by atoms with Gasteiger partial charge in [0.15, 0.2) is 0 Å². The van der Waals surface area contributed by atoms with Crippen molar-refractivity contribution in [1.82, 2.24) is 0 Å². The Balaban J connectivity index is 1.02. The van der Waals surface area contributed by atoms with Gasteiger partial charge in [-0.2, -0.15) is 0 Å². The molecular formula is C38H36P2Ru. The number of rotatable bonds is 10. The van der Waals surface area contributed by atoms with E-state index in [2.05, 4.69) is 121 Å². The molecule has 0 nitrogen and oxygen atoms in total. The fourth-order valence-corrected chi connectivity index (χ4v) is 203. The van der Waals surface area contributed by atoms with E-state index in [0.717, 1.165) is 7.50 Å². The van der Waals surface area contributed by atoms with Gasteiger partial charge in [-0.25, -0.2) is 0 Å². The fourth-order valence-electron chi connectivity index (χ4n) is 21.9. The van der Waals surface area contributed by atoms with Gasteiger partial charge in [0.2, 0.25) is 0 Å². The monoisotopic (exact) mass is 656 g/mol. The molecule has 0 N–H and O–H groups in total. The van der Waals surface area contributed by atoms with Crippen molar-refractivity contribution < 1.29 is 7.72 Å². The molecule has 10 aliphatic heterocycles. The van der Waals surface area contributed by atoms with Gasteiger partial charge < -0.3 is 0 Å².